The molecule has 1 fully saturated rings. The minimum Gasteiger partial charge on any atom is -0.439 e. The number of sulfone groups is 1. The fourth-order valence-electron chi connectivity index (χ4n) is 3.44. The summed E-state index contributed by atoms with van der Waals surface area (Å²) < 4.78 is 66.9. The number of carbonyl (C=O) groups is 1. The molecule has 0 radical (unpaired) electrons. The van der Waals surface area contributed by atoms with E-state index in [-0.39, 0.29) is 24.0 Å². The first kappa shape index (κ1) is 22.0. The van der Waals surface area contributed by atoms with Gasteiger partial charge in [-0.3, -0.25) is 4.79 Å². The largest absolute Gasteiger partial charge is 0.439 e. The molecule has 4 rings (SSSR count). The Kier molecular flexibility index (Phi) is 5.53. The average Bonchev–Trinajstić information content (AvgIpc) is 3.23. The Morgan fingerprint density at radius 3 is 2.56 bits per heavy atom. The molecule has 1 unspecified atom stereocenters. The van der Waals surface area contributed by atoms with Crippen molar-refractivity contribution in [2.75, 3.05) is 19.3 Å². The molecule has 0 aliphatic carbocycles. The van der Waals surface area contributed by atoms with E-state index in [0.717, 1.165) is 12.1 Å². The van der Waals surface area contributed by atoms with E-state index in [1.165, 1.54) is 11.2 Å². The second-order valence-corrected chi connectivity index (χ2v) is 9.85. The fourth-order valence-corrected chi connectivity index (χ4v) is 4.42. The molecule has 1 saturated heterocycles. The maximum atomic E-state index is 12.7. The predicted octanol–water partition coefficient (Wildman–Crippen LogP) is 3.70. The van der Waals surface area contributed by atoms with Crippen molar-refractivity contribution in [1.82, 2.24) is 14.9 Å². The predicted molar refractivity (Wildman–Crippen MR) is 110 cm³/mol. The van der Waals surface area contributed by atoms with E-state index < -0.39 is 26.8 Å². The maximum absolute atomic E-state index is 12.7. The lowest BCUT2D eigenvalue weighted by Crippen LogP contribution is -2.32. The molecule has 0 bridgehead atoms. The summed E-state index contributed by atoms with van der Waals surface area (Å²) in [5.74, 6) is 0.0140. The molecule has 1 aliphatic rings. The van der Waals surface area contributed by atoms with Crippen LogP contribution < -0.4 is 4.74 Å². The van der Waals surface area contributed by atoms with Crippen LogP contribution in [0.3, 0.4) is 0 Å². The molecule has 7 nitrogen and oxygen atoms in total. The van der Waals surface area contributed by atoms with E-state index in [2.05, 4.69) is 9.97 Å². The van der Waals surface area contributed by atoms with Crippen LogP contribution in [0.2, 0.25) is 0 Å². The quantitative estimate of drug-likeness (QED) is 0.584. The number of carbonyl (C=O) groups excluding carboxylic acids is 1. The van der Waals surface area contributed by atoms with E-state index >= 15 is 0 Å². The van der Waals surface area contributed by atoms with Crippen LogP contribution in [0.15, 0.2) is 48.7 Å². The number of rotatable bonds is 4. The summed E-state index contributed by atoms with van der Waals surface area (Å²) in [5, 5.41) is 0.0896. The molecular formula is C21H18F3N3O4S. The van der Waals surface area contributed by atoms with Crippen LogP contribution in [-0.4, -0.2) is 53.8 Å². The van der Waals surface area contributed by atoms with Gasteiger partial charge in [-0.25, -0.2) is 18.4 Å². The molecule has 0 N–H and O–H groups in total. The summed E-state index contributed by atoms with van der Waals surface area (Å²) in [4.78, 5) is 22.2. The van der Waals surface area contributed by atoms with E-state index in [1.54, 1.807) is 30.3 Å². The second-order valence-electron chi connectivity index (χ2n) is 7.53. The van der Waals surface area contributed by atoms with Gasteiger partial charge in [-0.1, -0.05) is 6.07 Å². The summed E-state index contributed by atoms with van der Waals surface area (Å²) in [6.45, 7) is 0.494. The molecule has 1 atom stereocenters. The molecule has 168 valence electrons. The standard InChI is InChI=1S/C21H18F3N3O4S/c1-32(29,30)16-8-9-27(12-16)20(28)18-5-2-13-10-15(4-6-17(13)26-18)31-19-7-3-14(11-25-19)21(22,23)24/h2-7,10-11,16H,8-9,12H2,1H3. The van der Waals surface area contributed by atoms with E-state index in [9.17, 15) is 26.4 Å². The van der Waals surface area contributed by atoms with Crippen LogP contribution in [0.4, 0.5) is 13.2 Å². The van der Waals surface area contributed by atoms with Gasteiger partial charge < -0.3 is 9.64 Å². The number of aromatic nitrogens is 2. The van der Waals surface area contributed by atoms with Crippen molar-refractivity contribution in [1.29, 1.82) is 0 Å². The topological polar surface area (TPSA) is 89.5 Å². The smallest absolute Gasteiger partial charge is 0.417 e. The highest BCUT2D eigenvalue weighted by Gasteiger charge is 2.33. The number of ether oxygens (including phenoxy) is 1. The van der Waals surface area contributed by atoms with Gasteiger partial charge in [0.05, 0.1) is 16.3 Å². The number of alkyl halides is 3. The highest BCUT2D eigenvalue weighted by molar-refractivity contribution is 7.91. The minimum atomic E-state index is -4.48. The molecule has 1 aliphatic heterocycles. The zero-order chi connectivity index (χ0) is 23.1. The van der Waals surface area contributed by atoms with Gasteiger partial charge in [0.1, 0.15) is 11.4 Å². The Balaban J connectivity index is 1.49. The van der Waals surface area contributed by atoms with E-state index in [4.69, 9.17) is 4.74 Å². The highest BCUT2D eigenvalue weighted by Crippen LogP contribution is 2.30. The molecule has 0 saturated carbocycles. The van der Waals surface area contributed by atoms with Crippen LogP contribution in [0, 0.1) is 0 Å². The summed E-state index contributed by atoms with van der Waals surface area (Å²) >= 11 is 0. The van der Waals surface area contributed by atoms with Crippen LogP contribution in [0.1, 0.15) is 22.5 Å². The molecule has 11 heteroatoms. The van der Waals surface area contributed by atoms with Crippen LogP contribution in [0.5, 0.6) is 11.6 Å². The van der Waals surface area contributed by atoms with Gasteiger partial charge >= 0.3 is 6.18 Å². The summed E-state index contributed by atoms with van der Waals surface area (Å²) in [5.41, 5.74) is -0.155. The van der Waals surface area contributed by atoms with Crippen molar-refractivity contribution < 1.29 is 31.1 Å². The van der Waals surface area contributed by atoms with Gasteiger partial charge in [0.15, 0.2) is 9.84 Å². The number of hydrogen-bond acceptors (Lipinski definition) is 6. The van der Waals surface area contributed by atoms with E-state index in [0.29, 0.717) is 35.8 Å². The third kappa shape index (κ3) is 4.67. The third-order valence-corrected chi connectivity index (χ3v) is 6.80. The number of pyridine rings is 2. The first-order chi connectivity index (χ1) is 15.0. The zero-order valence-electron chi connectivity index (χ0n) is 16.8. The molecule has 1 amide bonds. The number of halogens is 3. The normalized spacial score (nSPS) is 17.0. The Hall–Kier alpha value is -3.21. The second kappa shape index (κ2) is 8.05. The van der Waals surface area contributed by atoms with Crippen molar-refractivity contribution in [2.45, 2.75) is 17.8 Å². The lowest BCUT2D eigenvalue weighted by atomic mass is 10.2. The number of hydrogen-bond donors (Lipinski definition) is 0. The van der Waals surface area contributed by atoms with Crippen molar-refractivity contribution in [3.05, 3.63) is 59.9 Å². The molecule has 3 aromatic rings. The SMILES string of the molecule is CS(=O)(=O)C1CCN(C(=O)c2ccc3cc(Oc4ccc(C(F)(F)F)cn4)ccc3n2)C1. The molecular weight excluding hydrogens is 447 g/mol. The summed E-state index contributed by atoms with van der Waals surface area (Å²) in [6.07, 6.45) is -2.21. The maximum Gasteiger partial charge on any atom is 0.417 e. The van der Waals surface area contributed by atoms with Gasteiger partial charge in [0.25, 0.3) is 5.91 Å². The summed E-state index contributed by atoms with van der Waals surface area (Å²) in [6, 6.07) is 10.0. The van der Waals surface area contributed by atoms with Gasteiger partial charge in [-0.05, 0) is 36.8 Å². The average molecular weight is 465 g/mol. The van der Waals surface area contributed by atoms with Gasteiger partial charge in [-0.2, -0.15) is 13.2 Å². The monoisotopic (exact) mass is 465 g/mol. The van der Waals surface area contributed by atoms with Crippen molar-refractivity contribution >= 4 is 26.6 Å². The summed E-state index contributed by atoms with van der Waals surface area (Å²) in [7, 11) is -3.22. The van der Waals surface area contributed by atoms with Gasteiger partial charge in [0, 0.05) is 37.0 Å². The Bertz CT molecular complexity index is 1280. The van der Waals surface area contributed by atoms with Crippen LogP contribution >= 0.6 is 0 Å². The Morgan fingerprint density at radius 2 is 1.94 bits per heavy atom. The van der Waals surface area contributed by atoms with Gasteiger partial charge in [0.2, 0.25) is 5.88 Å². The van der Waals surface area contributed by atoms with Crippen LogP contribution in [0.25, 0.3) is 10.9 Å². The Labute approximate surface area is 181 Å². The number of likely N-dealkylation sites (tertiary alicyclic amines) is 1. The Morgan fingerprint density at radius 1 is 1.16 bits per heavy atom. The highest BCUT2D eigenvalue weighted by atomic mass is 32.2. The number of fused-ring (bicyclic) bond motifs is 1. The number of nitrogens with zero attached hydrogens (tertiary/aromatic N) is 3. The minimum absolute atomic E-state index is 0.00608. The molecule has 32 heavy (non-hydrogen) atoms. The van der Waals surface area contributed by atoms with Crippen LogP contribution in [-0.2, 0) is 16.0 Å². The molecule has 1 aromatic carbocycles. The lowest BCUT2D eigenvalue weighted by molar-refractivity contribution is -0.137. The number of amides is 1. The van der Waals surface area contributed by atoms with Crippen molar-refractivity contribution in [3.8, 4) is 11.6 Å². The lowest BCUT2D eigenvalue weighted by Gasteiger charge is -2.16. The molecule has 2 aromatic heterocycles. The van der Waals surface area contributed by atoms with E-state index in [1.807, 2.05) is 0 Å². The first-order valence-corrected chi connectivity index (χ1v) is 11.6. The third-order valence-electron chi connectivity index (χ3n) is 5.20. The first-order valence-electron chi connectivity index (χ1n) is 9.61. The molecule has 0 spiro atoms. The van der Waals surface area contributed by atoms with Gasteiger partial charge in [-0.15, -0.1) is 0 Å². The number of benzene rings is 1. The molecule has 3 heterocycles. The fraction of sp³-hybridized carbons (Fsp3) is 0.286. The van der Waals surface area contributed by atoms with Crippen molar-refractivity contribution in [3.63, 3.8) is 0 Å². The van der Waals surface area contributed by atoms with Crippen molar-refractivity contribution in [2.24, 2.45) is 0 Å². The zero-order valence-corrected chi connectivity index (χ0v) is 17.7.